The van der Waals surface area contributed by atoms with Crippen molar-refractivity contribution in [1.82, 2.24) is 5.43 Å². The van der Waals surface area contributed by atoms with Crippen LogP contribution in [0.25, 0.3) is 0 Å². The standard InChI is InChI=1S/C20H22IN3O4/c1-26-19-12-16(24-8-10-27-11-9-24)7-6-15(19)13-22-23-20(25)14-28-18-5-3-2-4-17(18)21/h2-7,12-13H,8-11,14H2,1H3,(H,23,25)/b22-13+. The fourth-order valence-electron chi connectivity index (χ4n) is 2.74. The highest BCUT2D eigenvalue weighted by molar-refractivity contribution is 14.1. The number of hydrazone groups is 1. The van der Waals surface area contributed by atoms with Gasteiger partial charge in [0.05, 0.1) is 30.1 Å². The number of ether oxygens (including phenoxy) is 3. The SMILES string of the molecule is COc1cc(N2CCOCC2)ccc1/C=N/NC(=O)COc1ccccc1I. The second-order valence-corrected chi connectivity index (χ2v) is 7.20. The Morgan fingerprint density at radius 1 is 1.25 bits per heavy atom. The van der Waals surface area contributed by atoms with Crippen LogP contribution in [0, 0.1) is 3.57 Å². The molecule has 2 aromatic rings. The Hall–Kier alpha value is -2.33. The second kappa shape index (κ2) is 10.3. The van der Waals surface area contributed by atoms with Gasteiger partial charge in [0.1, 0.15) is 11.5 Å². The van der Waals surface area contributed by atoms with Crippen LogP contribution < -0.4 is 19.8 Å². The quantitative estimate of drug-likeness (QED) is 0.364. The minimum absolute atomic E-state index is 0.107. The lowest BCUT2D eigenvalue weighted by atomic mass is 10.1. The monoisotopic (exact) mass is 495 g/mol. The van der Waals surface area contributed by atoms with Gasteiger partial charge >= 0.3 is 0 Å². The van der Waals surface area contributed by atoms with E-state index in [-0.39, 0.29) is 12.5 Å². The van der Waals surface area contributed by atoms with Crippen LogP contribution in [0.15, 0.2) is 47.6 Å². The number of nitrogens with one attached hydrogen (secondary N) is 1. The minimum Gasteiger partial charge on any atom is -0.496 e. The normalized spacial score (nSPS) is 14.1. The molecule has 0 bridgehead atoms. The molecule has 1 N–H and O–H groups in total. The van der Waals surface area contributed by atoms with E-state index >= 15 is 0 Å². The summed E-state index contributed by atoms with van der Waals surface area (Å²) in [6.07, 6.45) is 1.56. The Kier molecular flexibility index (Phi) is 7.49. The van der Waals surface area contributed by atoms with Crippen LogP contribution in [-0.4, -0.2) is 52.1 Å². The lowest BCUT2D eigenvalue weighted by Gasteiger charge is -2.29. The van der Waals surface area contributed by atoms with Crippen molar-refractivity contribution in [2.75, 3.05) is 44.9 Å². The molecule has 0 atom stereocenters. The van der Waals surface area contributed by atoms with Crippen LogP contribution in [0.5, 0.6) is 11.5 Å². The first kappa shape index (κ1) is 20.4. The number of carbonyl (C=O) groups excluding carboxylic acids is 1. The van der Waals surface area contributed by atoms with E-state index < -0.39 is 0 Å². The molecule has 1 fully saturated rings. The summed E-state index contributed by atoms with van der Waals surface area (Å²) in [6.45, 7) is 3.05. The zero-order valence-electron chi connectivity index (χ0n) is 15.6. The number of morpholine rings is 1. The van der Waals surface area contributed by atoms with Crippen LogP contribution in [-0.2, 0) is 9.53 Å². The minimum atomic E-state index is -0.334. The molecule has 0 unspecified atom stereocenters. The van der Waals surface area contributed by atoms with Gasteiger partial charge in [-0.1, -0.05) is 12.1 Å². The van der Waals surface area contributed by atoms with Crippen LogP contribution in [0.3, 0.4) is 0 Å². The van der Waals surface area contributed by atoms with E-state index in [0.717, 1.165) is 41.1 Å². The van der Waals surface area contributed by atoms with Crippen molar-refractivity contribution in [3.05, 3.63) is 51.6 Å². The van der Waals surface area contributed by atoms with E-state index in [1.54, 1.807) is 13.3 Å². The predicted molar refractivity (Wildman–Crippen MR) is 116 cm³/mol. The number of anilines is 1. The van der Waals surface area contributed by atoms with Crippen molar-refractivity contribution >= 4 is 40.4 Å². The zero-order valence-corrected chi connectivity index (χ0v) is 17.7. The second-order valence-electron chi connectivity index (χ2n) is 6.04. The molecule has 7 nitrogen and oxygen atoms in total. The van der Waals surface area contributed by atoms with Gasteiger partial charge < -0.3 is 19.1 Å². The van der Waals surface area contributed by atoms with E-state index in [4.69, 9.17) is 14.2 Å². The van der Waals surface area contributed by atoms with Gasteiger partial charge in [0.2, 0.25) is 0 Å². The molecule has 0 saturated carbocycles. The highest BCUT2D eigenvalue weighted by Gasteiger charge is 2.13. The molecule has 28 heavy (non-hydrogen) atoms. The molecule has 0 aromatic heterocycles. The van der Waals surface area contributed by atoms with E-state index in [9.17, 15) is 4.79 Å². The smallest absolute Gasteiger partial charge is 0.277 e. The molecule has 0 aliphatic carbocycles. The summed E-state index contributed by atoms with van der Waals surface area (Å²) >= 11 is 2.16. The van der Waals surface area contributed by atoms with E-state index in [1.165, 1.54) is 0 Å². The maximum Gasteiger partial charge on any atom is 0.277 e. The number of carbonyl (C=O) groups is 1. The van der Waals surface area contributed by atoms with Gasteiger partial charge in [0.25, 0.3) is 5.91 Å². The molecule has 1 aliphatic heterocycles. The topological polar surface area (TPSA) is 72.4 Å². The molecule has 1 amide bonds. The molecule has 1 saturated heterocycles. The van der Waals surface area contributed by atoms with Crippen molar-refractivity contribution in [1.29, 1.82) is 0 Å². The Bertz CT molecular complexity index is 838. The van der Waals surface area contributed by atoms with Crippen LogP contribution >= 0.6 is 22.6 Å². The Morgan fingerprint density at radius 3 is 2.79 bits per heavy atom. The Morgan fingerprint density at radius 2 is 2.04 bits per heavy atom. The van der Waals surface area contributed by atoms with E-state index in [0.29, 0.717) is 11.5 Å². The van der Waals surface area contributed by atoms with Crippen molar-refractivity contribution in [3.8, 4) is 11.5 Å². The average molecular weight is 495 g/mol. The third-order valence-corrected chi connectivity index (χ3v) is 5.07. The third-order valence-electron chi connectivity index (χ3n) is 4.18. The van der Waals surface area contributed by atoms with Gasteiger partial charge in [-0.15, -0.1) is 0 Å². The number of methoxy groups -OCH3 is 1. The molecule has 0 radical (unpaired) electrons. The number of amides is 1. The molecule has 1 heterocycles. The lowest BCUT2D eigenvalue weighted by Crippen LogP contribution is -2.36. The number of nitrogens with zero attached hydrogens (tertiary/aromatic N) is 2. The molecule has 1 aliphatic rings. The highest BCUT2D eigenvalue weighted by atomic mass is 127. The van der Waals surface area contributed by atoms with E-state index in [1.807, 2.05) is 42.5 Å². The van der Waals surface area contributed by atoms with Gasteiger partial charge in [0.15, 0.2) is 6.61 Å². The Labute approximate surface area is 177 Å². The fourth-order valence-corrected chi connectivity index (χ4v) is 3.28. The molecule has 3 rings (SSSR count). The van der Waals surface area contributed by atoms with Crippen LogP contribution in [0.1, 0.15) is 5.56 Å². The van der Waals surface area contributed by atoms with Crippen molar-refractivity contribution in [2.24, 2.45) is 5.10 Å². The summed E-state index contributed by atoms with van der Waals surface area (Å²) in [7, 11) is 1.61. The molecule has 8 heteroatoms. The largest absolute Gasteiger partial charge is 0.496 e. The molecule has 148 valence electrons. The van der Waals surface area contributed by atoms with Gasteiger partial charge in [-0.05, 0) is 46.9 Å². The molecular formula is C20H22IN3O4. The van der Waals surface area contributed by atoms with Gasteiger partial charge in [0, 0.05) is 30.4 Å². The zero-order chi connectivity index (χ0) is 19.8. The van der Waals surface area contributed by atoms with Gasteiger partial charge in [-0.3, -0.25) is 4.79 Å². The number of benzene rings is 2. The predicted octanol–water partition coefficient (Wildman–Crippen LogP) is 2.67. The number of para-hydroxylation sites is 1. The lowest BCUT2D eigenvalue weighted by molar-refractivity contribution is -0.123. The maximum atomic E-state index is 11.9. The first-order valence-electron chi connectivity index (χ1n) is 8.87. The number of rotatable bonds is 7. The van der Waals surface area contributed by atoms with Crippen LogP contribution in [0.4, 0.5) is 5.69 Å². The first-order chi connectivity index (χ1) is 13.7. The first-order valence-corrected chi connectivity index (χ1v) is 9.95. The maximum absolute atomic E-state index is 11.9. The Balaban J connectivity index is 1.55. The van der Waals surface area contributed by atoms with Crippen LogP contribution in [0.2, 0.25) is 0 Å². The molecule has 0 spiro atoms. The van der Waals surface area contributed by atoms with Crippen molar-refractivity contribution < 1.29 is 19.0 Å². The summed E-state index contributed by atoms with van der Waals surface area (Å²) in [5.74, 6) is 1.03. The van der Waals surface area contributed by atoms with Gasteiger partial charge in [-0.2, -0.15) is 5.10 Å². The highest BCUT2D eigenvalue weighted by Crippen LogP contribution is 2.25. The number of hydrogen-bond donors (Lipinski definition) is 1. The summed E-state index contributed by atoms with van der Waals surface area (Å²) < 4.78 is 17.3. The molecule has 2 aromatic carbocycles. The van der Waals surface area contributed by atoms with Crippen molar-refractivity contribution in [3.63, 3.8) is 0 Å². The summed E-state index contributed by atoms with van der Waals surface area (Å²) in [4.78, 5) is 14.2. The summed E-state index contributed by atoms with van der Waals surface area (Å²) in [5.41, 5.74) is 4.32. The van der Waals surface area contributed by atoms with Gasteiger partial charge in [-0.25, -0.2) is 5.43 Å². The number of halogens is 1. The average Bonchev–Trinajstić information content (AvgIpc) is 2.74. The fraction of sp³-hybridized carbons (Fsp3) is 0.300. The summed E-state index contributed by atoms with van der Waals surface area (Å²) in [6, 6.07) is 13.4. The van der Waals surface area contributed by atoms with Crippen molar-refractivity contribution in [2.45, 2.75) is 0 Å². The number of hydrogen-bond acceptors (Lipinski definition) is 6. The van der Waals surface area contributed by atoms with E-state index in [2.05, 4.69) is 38.0 Å². The third kappa shape index (κ3) is 5.59. The molecular weight excluding hydrogens is 473 g/mol. The summed E-state index contributed by atoms with van der Waals surface area (Å²) in [5, 5.41) is 4.01.